The minimum absolute atomic E-state index is 0.00315. The van der Waals surface area contributed by atoms with Crippen LogP contribution >= 0.6 is 21.6 Å². The molecule has 0 aromatic heterocycles. The highest BCUT2D eigenvalue weighted by Gasteiger charge is 2.44. The van der Waals surface area contributed by atoms with Gasteiger partial charge >= 0.3 is 11.9 Å². The van der Waals surface area contributed by atoms with Crippen LogP contribution in [0.4, 0.5) is 0 Å². The summed E-state index contributed by atoms with van der Waals surface area (Å²) in [5, 5.41) is 42.8. The van der Waals surface area contributed by atoms with Gasteiger partial charge in [-0.1, -0.05) is 53.0 Å². The normalized spacial score (nSPS) is 23.8. The van der Waals surface area contributed by atoms with E-state index in [-0.39, 0.29) is 127 Å². The maximum atomic E-state index is 14.8. The molecule has 544 valence electrons. The number of amides is 10. The van der Waals surface area contributed by atoms with Gasteiger partial charge in [0.05, 0.1) is 37.4 Å². The number of carbonyl (C=O) groups excluding carboxylic acids is 10. The highest BCUT2D eigenvalue weighted by Crippen LogP contribution is 2.48. The van der Waals surface area contributed by atoms with E-state index in [2.05, 4.69) is 67.8 Å². The Morgan fingerprint density at radius 1 is 0.684 bits per heavy atom. The Kier molecular flexibility index (Phi) is 34.4. The van der Waals surface area contributed by atoms with E-state index in [1.807, 2.05) is 0 Å². The average molecular weight is 1420 g/mol. The molecule has 98 heavy (non-hydrogen) atoms. The molecule has 38 nitrogen and oxygen atoms in total. The number of nitrogens with one attached hydrogen (secondary N) is 9. The minimum atomic E-state index is -1.94. The number of guanidine groups is 4. The number of ether oxygens (including phenoxy) is 1. The van der Waals surface area contributed by atoms with E-state index >= 15 is 0 Å². The second-order valence-corrected chi connectivity index (χ2v) is 26.2. The van der Waals surface area contributed by atoms with E-state index in [0.29, 0.717) is 43.4 Å². The van der Waals surface area contributed by atoms with Gasteiger partial charge in [0.2, 0.25) is 59.1 Å². The van der Waals surface area contributed by atoms with Crippen LogP contribution in [0.5, 0.6) is 5.75 Å². The van der Waals surface area contributed by atoms with Gasteiger partial charge in [0.25, 0.3) is 0 Å². The number of methoxy groups -OCH3 is 1. The molecule has 1 aliphatic carbocycles. The van der Waals surface area contributed by atoms with Gasteiger partial charge in [-0.3, -0.25) is 78.0 Å². The summed E-state index contributed by atoms with van der Waals surface area (Å²) in [6.07, 6.45) is 1.92. The van der Waals surface area contributed by atoms with E-state index in [1.54, 1.807) is 24.3 Å². The van der Waals surface area contributed by atoms with Crippen LogP contribution < -0.4 is 104 Å². The van der Waals surface area contributed by atoms with Crippen molar-refractivity contribution in [1.29, 1.82) is 0 Å². The van der Waals surface area contributed by atoms with Gasteiger partial charge in [0.1, 0.15) is 54.1 Å². The fraction of sp³-hybridized carbons (Fsp3) is 0.621. The fourth-order valence-electron chi connectivity index (χ4n) is 10.6. The van der Waals surface area contributed by atoms with Crippen molar-refractivity contribution in [2.75, 3.05) is 58.7 Å². The summed E-state index contributed by atoms with van der Waals surface area (Å²) in [4.78, 5) is 183. The number of fused-ring (bicyclic) bond motifs is 1. The van der Waals surface area contributed by atoms with Gasteiger partial charge in [-0.15, -0.1) is 0 Å². The van der Waals surface area contributed by atoms with Gasteiger partial charge in [0, 0.05) is 44.9 Å². The molecular weight excluding hydrogens is 1320 g/mol. The number of benzene rings is 1. The first-order valence-electron chi connectivity index (χ1n) is 31.8. The van der Waals surface area contributed by atoms with Crippen molar-refractivity contribution >= 4 is 116 Å². The van der Waals surface area contributed by atoms with Crippen LogP contribution in [0.1, 0.15) is 108 Å². The molecular formula is C58H95N23O15S2. The first-order valence-corrected chi connectivity index (χ1v) is 34.2. The number of carboxylic acids is 2. The lowest BCUT2D eigenvalue weighted by atomic mass is 9.83. The molecule has 1 aromatic carbocycles. The Morgan fingerprint density at radius 3 is 1.86 bits per heavy atom. The second-order valence-electron chi connectivity index (χ2n) is 23.4. The average Bonchev–Trinajstić information content (AvgIpc) is 0.930. The Morgan fingerprint density at radius 2 is 1.26 bits per heavy atom. The summed E-state index contributed by atoms with van der Waals surface area (Å²) in [6, 6.07) is -7.03. The molecule has 10 amide bonds. The molecule has 1 spiro atoms. The van der Waals surface area contributed by atoms with Crippen LogP contribution in [-0.4, -0.2) is 228 Å². The molecule has 0 unspecified atom stereocenters. The fourth-order valence-corrected chi connectivity index (χ4v) is 14.1. The molecule has 2 aliphatic heterocycles. The molecule has 2 fully saturated rings. The molecule has 1 saturated heterocycles. The molecule has 0 radical (unpaired) electrons. The third-order valence-electron chi connectivity index (χ3n) is 15.9. The van der Waals surface area contributed by atoms with Crippen LogP contribution in [-0.2, 0) is 64.0 Å². The Hall–Kier alpha value is -9.44. The maximum Gasteiger partial charge on any atom is 0.326 e. The zero-order valence-electron chi connectivity index (χ0n) is 54.6. The van der Waals surface area contributed by atoms with Crippen molar-refractivity contribution in [3.05, 3.63) is 29.8 Å². The van der Waals surface area contributed by atoms with Gasteiger partial charge in [-0.05, 0) is 94.7 Å². The van der Waals surface area contributed by atoms with Crippen LogP contribution in [0.3, 0.4) is 0 Å². The number of nitrogens with zero attached hydrogens (tertiary/aromatic N) is 5. The van der Waals surface area contributed by atoms with Crippen molar-refractivity contribution in [3.63, 3.8) is 0 Å². The summed E-state index contributed by atoms with van der Waals surface area (Å²) in [5.41, 5.74) is 52.6. The molecule has 29 N–H and O–H groups in total. The van der Waals surface area contributed by atoms with Crippen molar-refractivity contribution in [2.24, 2.45) is 71.6 Å². The largest absolute Gasteiger partial charge is 0.497 e. The van der Waals surface area contributed by atoms with Crippen molar-refractivity contribution in [3.8, 4) is 5.75 Å². The van der Waals surface area contributed by atoms with Crippen molar-refractivity contribution in [1.82, 2.24) is 52.8 Å². The van der Waals surface area contributed by atoms with E-state index < -0.39 is 150 Å². The number of nitrogens with two attached hydrogens (primary N) is 9. The maximum absolute atomic E-state index is 14.8. The van der Waals surface area contributed by atoms with Gasteiger partial charge in [-0.25, -0.2) is 4.79 Å². The Bertz CT molecular complexity index is 3050. The second kappa shape index (κ2) is 41.6. The number of carboxylic acid groups (broad SMARTS) is 2. The molecule has 9 atom stereocenters. The quantitative estimate of drug-likeness (QED) is 0.0250. The van der Waals surface area contributed by atoms with Crippen molar-refractivity contribution < 1.29 is 72.5 Å². The monoisotopic (exact) mass is 1420 g/mol. The number of aliphatic imine (C=N–C) groups is 4. The van der Waals surface area contributed by atoms with Crippen molar-refractivity contribution in [2.45, 2.75) is 168 Å². The smallest absolute Gasteiger partial charge is 0.326 e. The van der Waals surface area contributed by atoms with Crippen LogP contribution in [0.25, 0.3) is 0 Å². The minimum Gasteiger partial charge on any atom is -0.497 e. The number of hydrogen-bond donors (Lipinski definition) is 20. The van der Waals surface area contributed by atoms with E-state index in [1.165, 1.54) is 12.0 Å². The number of aliphatic carboxylic acids is 2. The predicted octanol–water partition coefficient (Wildman–Crippen LogP) is -6.95. The van der Waals surface area contributed by atoms with Gasteiger partial charge < -0.3 is 114 Å². The Balaban J connectivity index is 1.80. The summed E-state index contributed by atoms with van der Waals surface area (Å²) in [7, 11) is 3.61. The Labute approximate surface area is 573 Å². The first-order chi connectivity index (χ1) is 46.5. The third kappa shape index (κ3) is 28.3. The number of carbonyl (C=O) groups is 12. The van der Waals surface area contributed by atoms with Crippen LogP contribution in [0.15, 0.2) is 44.2 Å². The van der Waals surface area contributed by atoms with E-state index in [4.69, 9.17) is 56.3 Å². The standard InChI is InChI=1S/C58H95N23O15S2/c1-96-32-17-15-31(16-18-32)26-37-48(89)75-35(12-7-22-69-55(63)64)47(88)79-39(50(91)77-36(53(94)95)13-8-23-70-56(65)66)30-97-98-58(19-3-2-4-20-58)44(60)52(93)80-57(67)71-24-5-10-33(59)45(86)73-29-42(83)81-25-9-14-40(81)51(92)76-34(11-6-21-68-54(61)62)46(87)72-28-41(82)74-38(27-43(84)85)49(90)78-37/h15-18,33-40,44H,2-14,19-30,59-60H2,1H3,(H,72,87)(H,73,86)(H,74,82)(H,75,89)(H,76,92)(H,77,91)(H,78,90)(H,79,88)(H,84,85)(H,94,95)(H4,61,62,68)(H4,63,64,69)(H4,65,66,70)(H3,67,71,80,93)/t33-,34-,35-,36-,37-,38-,39-,40-,44-/m0/s1. The molecule has 4 rings (SSSR count). The lowest BCUT2D eigenvalue weighted by molar-refractivity contribution is -0.142. The molecule has 1 aromatic rings. The third-order valence-corrected chi connectivity index (χ3v) is 19.2. The summed E-state index contributed by atoms with van der Waals surface area (Å²) in [6.45, 7) is -1.42. The zero-order chi connectivity index (χ0) is 72.5. The highest BCUT2D eigenvalue weighted by atomic mass is 33.1. The molecule has 0 bridgehead atoms. The molecule has 2 heterocycles. The number of rotatable bonds is 20. The number of hydrogen-bond acceptors (Lipinski definition) is 22. The topological polar surface area (TPSA) is 650 Å². The highest BCUT2D eigenvalue weighted by molar-refractivity contribution is 8.77. The van der Waals surface area contributed by atoms with E-state index in [9.17, 15) is 67.7 Å². The summed E-state index contributed by atoms with van der Waals surface area (Å²) in [5.74, 6) is -13.2. The van der Waals surface area contributed by atoms with E-state index in [0.717, 1.165) is 28.0 Å². The lowest BCUT2D eigenvalue weighted by Crippen LogP contribution is -2.60. The van der Waals surface area contributed by atoms with Gasteiger partial charge in [0.15, 0.2) is 23.8 Å². The summed E-state index contributed by atoms with van der Waals surface area (Å²) < 4.78 is 4.27. The SMILES string of the molecule is COc1ccc(C[C@@H]2NC(=O)[C@H](CC(=O)O)NC(=O)CNC(=O)[C@H](CCCN=C(N)N)NC(=O)[C@@H]3CCCN3C(=O)CNC(=O)[C@@H](N)CCCN=C(N)NC(=O)[C@H](N)C3(CCCCC3)SSC[C@@H](C(=O)N[C@@H](CCCN=C(N)N)C(=O)O)NC(=O)[C@H](CCCN=C(N)N)NC2=O)cc1. The first kappa shape index (κ1) is 81.0. The van der Waals surface area contributed by atoms with Gasteiger partial charge in [-0.2, -0.15) is 0 Å². The van der Waals surface area contributed by atoms with Crippen LogP contribution in [0.2, 0.25) is 0 Å². The predicted molar refractivity (Wildman–Crippen MR) is 364 cm³/mol. The molecule has 1 saturated carbocycles. The van der Waals surface area contributed by atoms with Crippen LogP contribution in [0, 0.1) is 0 Å². The molecule has 3 aliphatic rings. The molecule has 40 heteroatoms. The lowest BCUT2D eigenvalue weighted by Gasteiger charge is -2.40. The summed E-state index contributed by atoms with van der Waals surface area (Å²) >= 11 is 0. The zero-order valence-corrected chi connectivity index (χ0v) is 56.3.